The van der Waals surface area contributed by atoms with Crippen molar-refractivity contribution in [3.05, 3.63) is 39.9 Å². The second kappa shape index (κ2) is 6.61. The molecule has 0 aliphatic carbocycles. The maximum absolute atomic E-state index is 10.8. The zero-order chi connectivity index (χ0) is 12.8. The lowest BCUT2D eigenvalue weighted by atomic mass is 10.1. The number of halogens is 1. The molecule has 0 aliphatic heterocycles. The molecule has 0 saturated heterocycles. The molecule has 0 unspecified atom stereocenters. The molecule has 0 bridgehead atoms. The highest BCUT2D eigenvalue weighted by atomic mass is 79.9. The summed E-state index contributed by atoms with van der Waals surface area (Å²) in [7, 11) is 0. The molecule has 3 nitrogen and oxygen atoms in total. The zero-order valence-corrected chi connectivity index (χ0v) is 11.5. The molecule has 0 aliphatic rings. The van der Waals surface area contributed by atoms with Crippen LogP contribution in [0.1, 0.15) is 22.8 Å². The monoisotopic (exact) mass is 314 g/mol. The van der Waals surface area contributed by atoms with Gasteiger partial charge in [-0.2, -0.15) is 0 Å². The topological polar surface area (TPSA) is 54.4 Å². The van der Waals surface area contributed by atoms with E-state index in [-0.39, 0.29) is 10.7 Å². The molecule has 0 spiro atoms. The number of hydrogen-bond acceptors (Lipinski definition) is 3. The summed E-state index contributed by atoms with van der Waals surface area (Å²) in [5.74, 6) is -0.372. The molecule has 1 N–H and O–H groups in total. The van der Waals surface area contributed by atoms with Gasteiger partial charge in [0.2, 0.25) is 0 Å². The van der Waals surface area contributed by atoms with Crippen LogP contribution in [0.25, 0.3) is 6.08 Å². The predicted molar refractivity (Wildman–Crippen MR) is 73.3 cm³/mol. The fraction of sp³-hybridized carbons (Fsp3) is 0.167. The normalized spacial score (nSPS) is 10.7. The Morgan fingerprint density at radius 1 is 1.41 bits per heavy atom. The van der Waals surface area contributed by atoms with E-state index in [9.17, 15) is 9.59 Å². The number of thioether (sulfide) groups is 1. The summed E-state index contributed by atoms with van der Waals surface area (Å²) in [6.45, 7) is 1.51. The van der Waals surface area contributed by atoms with E-state index in [2.05, 4.69) is 15.9 Å². The average molecular weight is 315 g/mol. The largest absolute Gasteiger partial charge is 0.478 e. The maximum atomic E-state index is 10.8. The van der Waals surface area contributed by atoms with Gasteiger partial charge in [-0.3, -0.25) is 4.79 Å². The second-order valence-corrected chi connectivity index (χ2v) is 5.40. The third-order valence-electron chi connectivity index (χ3n) is 1.86. The second-order valence-electron chi connectivity index (χ2n) is 3.28. The molecular formula is C12H11BrO3S. The summed E-state index contributed by atoms with van der Waals surface area (Å²) < 4.78 is 0.719. The Morgan fingerprint density at radius 3 is 2.71 bits per heavy atom. The minimum atomic E-state index is -0.959. The van der Waals surface area contributed by atoms with E-state index in [1.54, 1.807) is 18.2 Å². The first-order valence-corrected chi connectivity index (χ1v) is 6.60. The van der Waals surface area contributed by atoms with Crippen LogP contribution in [0.3, 0.4) is 0 Å². The van der Waals surface area contributed by atoms with Crippen molar-refractivity contribution in [3.63, 3.8) is 0 Å². The lowest BCUT2D eigenvalue weighted by Crippen LogP contribution is -1.96. The van der Waals surface area contributed by atoms with Gasteiger partial charge in [-0.25, -0.2) is 4.79 Å². The minimum absolute atomic E-state index is 0.0649. The number of carbonyl (C=O) groups excluding carboxylic acids is 1. The molecule has 0 aromatic heterocycles. The number of carboxylic acids is 1. The van der Waals surface area contributed by atoms with Crippen molar-refractivity contribution < 1.29 is 14.7 Å². The van der Waals surface area contributed by atoms with Gasteiger partial charge in [-0.15, -0.1) is 0 Å². The molecule has 17 heavy (non-hydrogen) atoms. The maximum Gasteiger partial charge on any atom is 0.335 e. The van der Waals surface area contributed by atoms with Crippen LogP contribution in [-0.2, 0) is 4.79 Å². The molecule has 0 atom stereocenters. The highest BCUT2D eigenvalue weighted by Crippen LogP contribution is 2.17. The van der Waals surface area contributed by atoms with Crippen molar-refractivity contribution in [1.29, 1.82) is 0 Å². The molecular weight excluding hydrogens is 304 g/mol. The Labute approximate surface area is 112 Å². The van der Waals surface area contributed by atoms with Crippen LogP contribution in [0.4, 0.5) is 0 Å². The SMILES string of the molecule is CC(=O)SCC=Cc1cc(Br)cc(C(=O)O)c1. The Hall–Kier alpha value is -1.07. The van der Waals surface area contributed by atoms with E-state index in [1.165, 1.54) is 18.7 Å². The van der Waals surface area contributed by atoms with E-state index in [4.69, 9.17) is 5.11 Å². The third-order valence-corrected chi connectivity index (χ3v) is 3.08. The van der Waals surface area contributed by atoms with Crippen LogP contribution >= 0.6 is 27.7 Å². The number of carbonyl (C=O) groups is 2. The molecule has 0 fully saturated rings. The van der Waals surface area contributed by atoms with Crippen molar-refractivity contribution in [2.75, 3.05) is 5.75 Å². The smallest absolute Gasteiger partial charge is 0.335 e. The molecule has 0 radical (unpaired) electrons. The van der Waals surface area contributed by atoms with Crippen molar-refractivity contribution in [2.45, 2.75) is 6.92 Å². The summed E-state index contributed by atoms with van der Waals surface area (Å²) in [6.07, 6.45) is 3.63. The summed E-state index contributed by atoms with van der Waals surface area (Å²) in [6, 6.07) is 4.95. The molecule has 1 rings (SSSR count). The fourth-order valence-electron chi connectivity index (χ4n) is 1.18. The fourth-order valence-corrected chi connectivity index (χ4v) is 2.12. The number of hydrogen-bond donors (Lipinski definition) is 1. The van der Waals surface area contributed by atoms with Crippen LogP contribution in [0.2, 0.25) is 0 Å². The summed E-state index contributed by atoms with van der Waals surface area (Å²) in [5, 5.41) is 8.95. The number of benzene rings is 1. The van der Waals surface area contributed by atoms with Gasteiger partial charge in [-0.05, 0) is 23.8 Å². The minimum Gasteiger partial charge on any atom is -0.478 e. The van der Waals surface area contributed by atoms with E-state index >= 15 is 0 Å². The Morgan fingerprint density at radius 2 is 2.12 bits per heavy atom. The average Bonchev–Trinajstić information content (AvgIpc) is 2.23. The van der Waals surface area contributed by atoms with Crippen LogP contribution in [0, 0.1) is 0 Å². The van der Waals surface area contributed by atoms with Gasteiger partial charge >= 0.3 is 5.97 Å². The van der Waals surface area contributed by atoms with Gasteiger partial charge in [0, 0.05) is 17.1 Å². The zero-order valence-electron chi connectivity index (χ0n) is 9.14. The Bertz CT molecular complexity index is 469. The van der Waals surface area contributed by atoms with Crippen LogP contribution in [-0.4, -0.2) is 21.9 Å². The van der Waals surface area contributed by atoms with Crippen molar-refractivity contribution >= 4 is 44.9 Å². The Kier molecular flexibility index (Phi) is 5.44. The van der Waals surface area contributed by atoms with Gasteiger partial charge in [-0.1, -0.05) is 39.8 Å². The molecule has 5 heteroatoms. The highest BCUT2D eigenvalue weighted by Gasteiger charge is 2.04. The van der Waals surface area contributed by atoms with E-state index < -0.39 is 5.97 Å². The van der Waals surface area contributed by atoms with Crippen molar-refractivity contribution in [1.82, 2.24) is 0 Å². The highest BCUT2D eigenvalue weighted by molar-refractivity contribution is 9.10. The van der Waals surface area contributed by atoms with Gasteiger partial charge in [0.25, 0.3) is 0 Å². The van der Waals surface area contributed by atoms with Crippen molar-refractivity contribution in [2.24, 2.45) is 0 Å². The van der Waals surface area contributed by atoms with Gasteiger partial charge in [0.1, 0.15) is 0 Å². The van der Waals surface area contributed by atoms with E-state index in [0.29, 0.717) is 5.75 Å². The molecule has 0 heterocycles. The lowest BCUT2D eigenvalue weighted by molar-refractivity contribution is -0.109. The van der Waals surface area contributed by atoms with Gasteiger partial charge in [0.05, 0.1) is 5.56 Å². The first-order valence-electron chi connectivity index (χ1n) is 4.83. The standard InChI is InChI=1S/C12H11BrO3S/c1-8(14)17-4-2-3-9-5-10(12(15)16)7-11(13)6-9/h2-3,5-7H,4H2,1H3,(H,15,16). The number of carboxylic acid groups (broad SMARTS) is 1. The van der Waals surface area contributed by atoms with E-state index in [1.807, 2.05) is 12.1 Å². The molecule has 0 amide bonds. The number of aromatic carboxylic acids is 1. The molecule has 0 saturated carbocycles. The quantitative estimate of drug-likeness (QED) is 0.925. The van der Waals surface area contributed by atoms with Gasteiger partial charge < -0.3 is 5.11 Å². The summed E-state index contributed by atoms with van der Waals surface area (Å²) in [4.78, 5) is 21.5. The summed E-state index contributed by atoms with van der Waals surface area (Å²) >= 11 is 4.47. The molecule has 90 valence electrons. The first-order chi connectivity index (χ1) is 7.99. The summed E-state index contributed by atoms with van der Waals surface area (Å²) in [5.41, 5.74) is 1.03. The van der Waals surface area contributed by atoms with Crippen LogP contribution in [0.15, 0.2) is 28.7 Å². The Balaban J connectivity index is 2.77. The van der Waals surface area contributed by atoms with Crippen LogP contribution in [0.5, 0.6) is 0 Å². The molecule has 1 aromatic rings. The lowest BCUT2D eigenvalue weighted by Gasteiger charge is -1.99. The van der Waals surface area contributed by atoms with Gasteiger partial charge in [0.15, 0.2) is 5.12 Å². The third kappa shape index (κ3) is 5.19. The molecule has 1 aromatic carbocycles. The van der Waals surface area contributed by atoms with Crippen molar-refractivity contribution in [3.8, 4) is 0 Å². The van der Waals surface area contributed by atoms with E-state index in [0.717, 1.165) is 10.0 Å². The van der Waals surface area contributed by atoms with Crippen LogP contribution < -0.4 is 0 Å². The predicted octanol–water partition coefficient (Wildman–Crippen LogP) is 3.44. The first kappa shape index (κ1) is 14.0. The number of rotatable bonds is 4.